The monoisotopic (exact) mass is 486 g/mol. The highest BCUT2D eigenvalue weighted by molar-refractivity contribution is 7.10. The smallest absolute Gasteiger partial charge is 0.251 e. The second-order valence-corrected chi connectivity index (χ2v) is 9.97. The number of carbonyl (C=O) groups excluding carboxylic acids is 2. The third kappa shape index (κ3) is 6.28. The van der Waals surface area contributed by atoms with Crippen LogP contribution >= 0.6 is 11.3 Å². The number of carbonyl (C=O) groups is 2. The lowest BCUT2D eigenvalue weighted by atomic mass is 10.0. The highest BCUT2D eigenvalue weighted by Gasteiger charge is 2.32. The Hall–Kier alpha value is -3.64. The minimum Gasteiger partial charge on any atom is -0.467 e. The van der Waals surface area contributed by atoms with Crippen molar-refractivity contribution in [2.45, 2.75) is 45.7 Å². The molecule has 0 bridgehead atoms. The van der Waals surface area contributed by atoms with Gasteiger partial charge in [0.2, 0.25) is 5.91 Å². The molecule has 2 aromatic heterocycles. The van der Waals surface area contributed by atoms with Gasteiger partial charge in [-0.2, -0.15) is 0 Å². The van der Waals surface area contributed by atoms with Gasteiger partial charge < -0.3 is 14.6 Å². The Balaban J connectivity index is 1.68. The van der Waals surface area contributed by atoms with Crippen LogP contribution in [-0.2, 0) is 22.6 Å². The number of nitrogens with zero attached hydrogens (tertiary/aromatic N) is 1. The first kappa shape index (κ1) is 24.5. The highest BCUT2D eigenvalue weighted by atomic mass is 32.1. The van der Waals surface area contributed by atoms with Crippen molar-refractivity contribution >= 4 is 28.8 Å². The van der Waals surface area contributed by atoms with E-state index in [4.69, 9.17) is 4.42 Å². The van der Waals surface area contributed by atoms with Crippen molar-refractivity contribution in [3.63, 3.8) is 0 Å². The molecule has 0 unspecified atom stereocenters. The van der Waals surface area contributed by atoms with Gasteiger partial charge in [-0.25, -0.2) is 0 Å². The lowest BCUT2D eigenvalue weighted by molar-refractivity contribution is -0.139. The molecular weight excluding hydrogens is 456 g/mol. The van der Waals surface area contributed by atoms with E-state index in [1.807, 2.05) is 79.0 Å². The van der Waals surface area contributed by atoms with E-state index in [0.29, 0.717) is 17.4 Å². The minimum absolute atomic E-state index is 0.139. The molecule has 6 heteroatoms. The Bertz CT molecular complexity index is 1230. The Morgan fingerprint density at radius 3 is 2.26 bits per heavy atom. The second-order valence-electron chi connectivity index (χ2n) is 8.94. The number of nitrogens with one attached hydrogen (secondary N) is 1. The standard InChI is InChI=1S/C29H30N2O3S/c1-20(2)22-12-14-24(15-13-22)30-29(33)28(23-10-8-21(3)9-11-23)31(19-25-6-4-16-34-25)27(32)18-26-7-5-17-35-26/h4-17,20,28H,18-19H2,1-3H3,(H,30,33)/t28-/m1/s1. The van der Waals surface area contributed by atoms with E-state index < -0.39 is 6.04 Å². The lowest BCUT2D eigenvalue weighted by Crippen LogP contribution is -2.41. The summed E-state index contributed by atoms with van der Waals surface area (Å²) in [5.74, 6) is 0.617. The largest absolute Gasteiger partial charge is 0.467 e. The molecule has 1 N–H and O–H groups in total. The van der Waals surface area contributed by atoms with E-state index in [1.54, 1.807) is 17.2 Å². The predicted molar refractivity (Wildman–Crippen MR) is 140 cm³/mol. The van der Waals surface area contributed by atoms with Gasteiger partial charge in [0.25, 0.3) is 5.91 Å². The van der Waals surface area contributed by atoms with E-state index in [-0.39, 0.29) is 24.8 Å². The molecule has 0 fully saturated rings. The number of anilines is 1. The molecule has 4 aromatic rings. The van der Waals surface area contributed by atoms with Crippen LogP contribution in [0.4, 0.5) is 5.69 Å². The van der Waals surface area contributed by atoms with Gasteiger partial charge in [-0.15, -0.1) is 11.3 Å². The third-order valence-corrected chi connectivity index (χ3v) is 6.81. The maximum atomic E-state index is 13.8. The number of furan rings is 1. The van der Waals surface area contributed by atoms with Gasteiger partial charge in [0.05, 0.1) is 19.2 Å². The zero-order valence-electron chi connectivity index (χ0n) is 20.2. The summed E-state index contributed by atoms with van der Waals surface area (Å²) in [7, 11) is 0. The Kier molecular flexibility index (Phi) is 7.83. The van der Waals surface area contributed by atoms with E-state index >= 15 is 0 Å². The molecule has 2 amide bonds. The molecule has 0 radical (unpaired) electrons. The first-order valence-electron chi connectivity index (χ1n) is 11.7. The number of hydrogen-bond acceptors (Lipinski definition) is 4. The number of amides is 2. The molecule has 0 saturated carbocycles. The summed E-state index contributed by atoms with van der Waals surface area (Å²) in [6.07, 6.45) is 1.80. The molecule has 0 aliphatic rings. The summed E-state index contributed by atoms with van der Waals surface area (Å²) >= 11 is 1.53. The van der Waals surface area contributed by atoms with Crippen molar-refractivity contribution in [3.8, 4) is 0 Å². The van der Waals surface area contributed by atoms with Crippen LogP contribution in [-0.4, -0.2) is 16.7 Å². The van der Waals surface area contributed by atoms with Crippen molar-refractivity contribution in [2.24, 2.45) is 0 Å². The maximum absolute atomic E-state index is 13.8. The van der Waals surface area contributed by atoms with E-state index in [2.05, 4.69) is 19.2 Å². The molecule has 2 aromatic carbocycles. The third-order valence-electron chi connectivity index (χ3n) is 5.93. The topological polar surface area (TPSA) is 62.6 Å². The molecule has 0 spiro atoms. The normalized spacial score (nSPS) is 11.9. The molecule has 0 aliphatic carbocycles. The Labute approximate surface area is 210 Å². The fourth-order valence-corrected chi connectivity index (χ4v) is 4.64. The van der Waals surface area contributed by atoms with Crippen molar-refractivity contribution in [1.29, 1.82) is 0 Å². The summed E-state index contributed by atoms with van der Waals surface area (Å²) in [5.41, 5.74) is 3.72. The van der Waals surface area contributed by atoms with E-state index in [1.165, 1.54) is 16.9 Å². The average molecular weight is 487 g/mol. The minimum atomic E-state index is -0.821. The summed E-state index contributed by atoms with van der Waals surface area (Å²) in [6, 6.07) is 22.2. The van der Waals surface area contributed by atoms with Gasteiger partial charge in [0, 0.05) is 10.6 Å². The number of hydrogen-bond donors (Lipinski definition) is 1. The van der Waals surface area contributed by atoms with Crippen LogP contribution in [0.15, 0.2) is 88.9 Å². The number of benzene rings is 2. The van der Waals surface area contributed by atoms with Crippen LogP contribution in [0, 0.1) is 6.92 Å². The van der Waals surface area contributed by atoms with Crippen molar-refractivity contribution < 1.29 is 14.0 Å². The summed E-state index contributed by atoms with van der Waals surface area (Å²) in [6.45, 7) is 6.45. The number of rotatable bonds is 9. The van der Waals surface area contributed by atoms with Gasteiger partial charge in [-0.05, 0) is 59.7 Å². The average Bonchev–Trinajstić information content (AvgIpc) is 3.54. The Morgan fingerprint density at radius 2 is 1.66 bits per heavy atom. The van der Waals surface area contributed by atoms with E-state index in [0.717, 1.165) is 16.0 Å². The molecule has 35 heavy (non-hydrogen) atoms. The maximum Gasteiger partial charge on any atom is 0.251 e. The Morgan fingerprint density at radius 1 is 0.943 bits per heavy atom. The molecule has 5 nitrogen and oxygen atoms in total. The lowest BCUT2D eigenvalue weighted by Gasteiger charge is -2.31. The molecule has 0 aliphatic heterocycles. The first-order valence-corrected chi connectivity index (χ1v) is 12.6. The van der Waals surface area contributed by atoms with Crippen LogP contribution in [0.5, 0.6) is 0 Å². The van der Waals surface area contributed by atoms with Crippen LogP contribution in [0.2, 0.25) is 0 Å². The molecule has 2 heterocycles. The predicted octanol–water partition coefficient (Wildman–Crippen LogP) is 6.72. The van der Waals surface area contributed by atoms with Gasteiger partial charge in [-0.1, -0.05) is 61.9 Å². The number of aryl methyl sites for hydroxylation is 1. The second kappa shape index (κ2) is 11.2. The van der Waals surface area contributed by atoms with Crippen molar-refractivity contribution in [2.75, 3.05) is 5.32 Å². The van der Waals surface area contributed by atoms with Crippen LogP contribution in [0.3, 0.4) is 0 Å². The van der Waals surface area contributed by atoms with Crippen LogP contribution in [0.25, 0.3) is 0 Å². The summed E-state index contributed by atoms with van der Waals surface area (Å²) in [4.78, 5) is 29.9. The van der Waals surface area contributed by atoms with Crippen molar-refractivity contribution in [1.82, 2.24) is 4.90 Å². The quantitative estimate of drug-likeness (QED) is 0.285. The van der Waals surface area contributed by atoms with E-state index in [9.17, 15) is 9.59 Å². The van der Waals surface area contributed by atoms with Crippen molar-refractivity contribution in [3.05, 3.63) is 112 Å². The molecule has 4 rings (SSSR count). The SMILES string of the molecule is Cc1ccc([C@H](C(=O)Nc2ccc(C(C)C)cc2)N(Cc2ccco2)C(=O)Cc2cccs2)cc1. The number of thiophene rings is 1. The summed E-state index contributed by atoms with van der Waals surface area (Å²) in [5, 5.41) is 4.98. The first-order chi connectivity index (χ1) is 16.9. The highest BCUT2D eigenvalue weighted by Crippen LogP contribution is 2.28. The van der Waals surface area contributed by atoms with Gasteiger partial charge >= 0.3 is 0 Å². The fraction of sp³-hybridized carbons (Fsp3) is 0.241. The molecule has 1 atom stereocenters. The summed E-state index contributed by atoms with van der Waals surface area (Å²) < 4.78 is 5.57. The van der Waals surface area contributed by atoms with Gasteiger partial charge in [-0.3, -0.25) is 9.59 Å². The zero-order chi connectivity index (χ0) is 24.8. The molecule has 0 saturated heterocycles. The van der Waals surface area contributed by atoms with Gasteiger partial charge in [0.1, 0.15) is 11.8 Å². The molecular formula is C29H30N2O3S. The van der Waals surface area contributed by atoms with Crippen LogP contribution < -0.4 is 5.32 Å². The zero-order valence-corrected chi connectivity index (χ0v) is 21.0. The van der Waals surface area contributed by atoms with Gasteiger partial charge in [0.15, 0.2) is 0 Å². The fourth-order valence-electron chi connectivity index (χ4n) is 3.94. The molecule has 180 valence electrons. The van der Waals surface area contributed by atoms with Crippen LogP contribution in [0.1, 0.15) is 53.1 Å².